The van der Waals surface area contributed by atoms with Crippen LogP contribution in [0.25, 0.3) is 0 Å². The van der Waals surface area contributed by atoms with Crippen molar-refractivity contribution >= 4 is 0 Å². The first kappa shape index (κ1) is 13.1. The molecule has 2 saturated heterocycles. The van der Waals surface area contributed by atoms with Gasteiger partial charge in [-0.15, -0.1) is 6.58 Å². The van der Waals surface area contributed by atoms with E-state index in [1.165, 1.54) is 45.4 Å². The minimum Gasteiger partial charge on any atom is -0.312 e. The third-order valence-corrected chi connectivity index (χ3v) is 4.18. The molecule has 0 saturated carbocycles. The maximum atomic E-state index is 3.73. The van der Waals surface area contributed by atoms with Crippen molar-refractivity contribution in [2.75, 3.05) is 39.3 Å². The normalized spacial score (nSPS) is 31.1. The third kappa shape index (κ3) is 3.54. The summed E-state index contributed by atoms with van der Waals surface area (Å²) in [5.74, 6) is 0. The highest BCUT2D eigenvalue weighted by atomic mass is 15.3. The van der Waals surface area contributed by atoms with Crippen molar-refractivity contribution in [3.8, 4) is 0 Å². The second-order valence-corrected chi connectivity index (χ2v) is 5.48. The van der Waals surface area contributed by atoms with Gasteiger partial charge >= 0.3 is 0 Å². The van der Waals surface area contributed by atoms with Gasteiger partial charge in [0.25, 0.3) is 0 Å². The third-order valence-electron chi connectivity index (χ3n) is 4.18. The zero-order chi connectivity index (χ0) is 12.1. The summed E-state index contributed by atoms with van der Waals surface area (Å²) in [6, 6.07) is 1.55. The first-order valence-electron chi connectivity index (χ1n) is 7.11. The lowest BCUT2D eigenvalue weighted by molar-refractivity contribution is 0.0162. The molecule has 3 heteroatoms. The van der Waals surface area contributed by atoms with E-state index < -0.39 is 0 Å². The van der Waals surface area contributed by atoms with Crippen molar-refractivity contribution < 1.29 is 0 Å². The van der Waals surface area contributed by atoms with Crippen LogP contribution in [0.1, 0.15) is 26.2 Å². The molecule has 98 valence electrons. The van der Waals surface area contributed by atoms with Crippen LogP contribution in [0, 0.1) is 0 Å². The van der Waals surface area contributed by atoms with Gasteiger partial charge in [0.15, 0.2) is 0 Å². The molecule has 2 unspecified atom stereocenters. The van der Waals surface area contributed by atoms with E-state index in [2.05, 4.69) is 28.6 Å². The standard InChI is InChI=1S/C14H27N3/c1-3-7-15-8-10-16-12-14-6-4-5-9-17(14)11-13(16)2/h3,13-15H,1,4-12H2,2H3. The van der Waals surface area contributed by atoms with Gasteiger partial charge in [0.1, 0.15) is 0 Å². The number of piperidine rings is 1. The van der Waals surface area contributed by atoms with Gasteiger partial charge in [-0.1, -0.05) is 12.5 Å². The monoisotopic (exact) mass is 237 g/mol. The van der Waals surface area contributed by atoms with E-state index in [0.29, 0.717) is 0 Å². The molecule has 2 aliphatic heterocycles. The number of nitrogens with one attached hydrogen (secondary N) is 1. The van der Waals surface area contributed by atoms with Crippen LogP contribution in [0.2, 0.25) is 0 Å². The molecule has 2 aliphatic rings. The van der Waals surface area contributed by atoms with Gasteiger partial charge in [0, 0.05) is 44.8 Å². The van der Waals surface area contributed by atoms with Gasteiger partial charge in [0.2, 0.25) is 0 Å². The van der Waals surface area contributed by atoms with Crippen LogP contribution < -0.4 is 5.32 Å². The van der Waals surface area contributed by atoms with E-state index in [-0.39, 0.29) is 0 Å². The van der Waals surface area contributed by atoms with Crippen LogP contribution in [0.15, 0.2) is 12.7 Å². The molecule has 2 fully saturated rings. The van der Waals surface area contributed by atoms with Gasteiger partial charge in [-0.3, -0.25) is 9.80 Å². The molecule has 0 aliphatic carbocycles. The molecule has 2 heterocycles. The smallest absolute Gasteiger partial charge is 0.0223 e. The Morgan fingerprint density at radius 1 is 1.35 bits per heavy atom. The Kier molecular flexibility index (Phi) is 5.01. The molecule has 3 nitrogen and oxygen atoms in total. The Hall–Kier alpha value is -0.380. The second-order valence-electron chi connectivity index (χ2n) is 5.48. The summed E-state index contributed by atoms with van der Waals surface area (Å²) in [7, 11) is 0. The number of fused-ring (bicyclic) bond motifs is 1. The van der Waals surface area contributed by atoms with Crippen molar-refractivity contribution in [2.24, 2.45) is 0 Å². The summed E-state index contributed by atoms with van der Waals surface area (Å²) in [4.78, 5) is 5.37. The zero-order valence-corrected chi connectivity index (χ0v) is 11.2. The average Bonchev–Trinajstić information content (AvgIpc) is 2.35. The zero-order valence-electron chi connectivity index (χ0n) is 11.2. The Balaban J connectivity index is 1.76. The lowest BCUT2D eigenvalue weighted by atomic mass is 9.97. The first-order valence-corrected chi connectivity index (χ1v) is 7.11. The number of piperazine rings is 1. The quantitative estimate of drug-likeness (QED) is 0.575. The van der Waals surface area contributed by atoms with Crippen molar-refractivity contribution in [3.63, 3.8) is 0 Å². The second kappa shape index (κ2) is 6.53. The molecule has 2 rings (SSSR count). The SMILES string of the molecule is C=CCNCCN1CC2CCCCN2CC1C. The number of nitrogens with zero attached hydrogens (tertiary/aromatic N) is 2. The van der Waals surface area contributed by atoms with Crippen LogP contribution in [0.5, 0.6) is 0 Å². The lowest BCUT2D eigenvalue weighted by Crippen LogP contribution is -2.59. The number of hydrogen-bond acceptors (Lipinski definition) is 3. The molecule has 1 N–H and O–H groups in total. The van der Waals surface area contributed by atoms with Gasteiger partial charge in [-0.05, 0) is 26.3 Å². The maximum Gasteiger partial charge on any atom is 0.0223 e. The Morgan fingerprint density at radius 2 is 2.24 bits per heavy atom. The van der Waals surface area contributed by atoms with E-state index in [0.717, 1.165) is 25.2 Å². The Bertz CT molecular complexity index is 242. The molecule has 0 aromatic heterocycles. The van der Waals surface area contributed by atoms with E-state index in [9.17, 15) is 0 Å². The van der Waals surface area contributed by atoms with E-state index in [4.69, 9.17) is 0 Å². The van der Waals surface area contributed by atoms with Crippen molar-refractivity contribution in [1.29, 1.82) is 0 Å². The number of hydrogen-bond donors (Lipinski definition) is 1. The highest BCUT2D eigenvalue weighted by molar-refractivity contribution is 4.89. The fourth-order valence-electron chi connectivity index (χ4n) is 3.15. The summed E-state index contributed by atoms with van der Waals surface area (Å²) in [5.41, 5.74) is 0. The van der Waals surface area contributed by atoms with Crippen LogP contribution in [-0.2, 0) is 0 Å². The fraction of sp³-hybridized carbons (Fsp3) is 0.857. The van der Waals surface area contributed by atoms with Crippen molar-refractivity contribution in [1.82, 2.24) is 15.1 Å². The van der Waals surface area contributed by atoms with E-state index >= 15 is 0 Å². The van der Waals surface area contributed by atoms with E-state index in [1.807, 2.05) is 6.08 Å². The molecule has 0 aromatic rings. The van der Waals surface area contributed by atoms with Gasteiger partial charge in [0.05, 0.1) is 0 Å². The summed E-state index contributed by atoms with van der Waals surface area (Å²) in [6.45, 7) is 13.2. The molecule has 0 spiro atoms. The van der Waals surface area contributed by atoms with Crippen LogP contribution in [0.3, 0.4) is 0 Å². The molecule has 0 radical (unpaired) electrons. The number of rotatable bonds is 5. The maximum absolute atomic E-state index is 3.73. The summed E-state index contributed by atoms with van der Waals surface area (Å²) >= 11 is 0. The van der Waals surface area contributed by atoms with Gasteiger partial charge in [-0.2, -0.15) is 0 Å². The van der Waals surface area contributed by atoms with Gasteiger partial charge < -0.3 is 5.32 Å². The highest BCUT2D eigenvalue weighted by Gasteiger charge is 2.32. The molecular formula is C14H27N3. The Morgan fingerprint density at radius 3 is 3.06 bits per heavy atom. The van der Waals surface area contributed by atoms with Crippen LogP contribution >= 0.6 is 0 Å². The molecule has 0 aromatic carbocycles. The predicted molar refractivity (Wildman–Crippen MR) is 73.3 cm³/mol. The van der Waals surface area contributed by atoms with E-state index in [1.54, 1.807) is 0 Å². The predicted octanol–water partition coefficient (Wildman–Crippen LogP) is 1.32. The summed E-state index contributed by atoms with van der Waals surface area (Å²) < 4.78 is 0. The minimum absolute atomic E-state index is 0.717. The fourth-order valence-corrected chi connectivity index (χ4v) is 3.15. The molecule has 2 atom stereocenters. The highest BCUT2D eigenvalue weighted by Crippen LogP contribution is 2.23. The largest absolute Gasteiger partial charge is 0.312 e. The van der Waals surface area contributed by atoms with Gasteiger partial charge in [-0.25, -0.2) is 0 Å². The lowest BCUT2D eigenvalue weighted by Gasteiger charge is -2.47. The summed E-state index contributed by atoms with van der Waals surface area (Å²) in [5, 5.41) is 3.40. The first-order chi connectivity index (χ1) is 8.31. The summed E-state index contributed by atoms with van der Waals surface area (Å²) in [6.07, 6.45) is 6.17. The molecule has 17 heavy (non-hydrogen) atoms. The molecule has 0 amide bonds. The molecule has 0 bridgehead atoms. The van der Waals surface area contributed by atoms with Crippen molar-refractivity contribution in [2.45, 2.75) is 38.3 Å². The average molecular weight is 237 g/mol. The van der Waals surface area contributed by atoms with Crippen LogP contribution in [0.4, 0.5) is 0 Å². The molecular weight excluding hydrogens is 210 g/mol. The minimum atomic E-state index is 0.717. The Labute approximate surface area is 106 Å². The topological polar surface area (TPSA) is 18.5 Å². The van der Waals surface area contributed by atoms with Crippen LogP contribution in [-0.4, -0.2) is 61.2 Å². The van der Waals surface area contributed by atoms with Crippen molar-refractivity contribution in [3.05, 3.63) is 12.7 Å².